The van der Waals surface area contributed by atoms with E-state index in [1.165, 1.54) is 23.2 Å². The summed E-state index contributed by atoms with van der Waals surface area (Å²) in [5, 5.41) is 14.3. The molecule has 1 aliphatic rings. The van der Waals surface area contributed by atoms with Gasteiger partial charge in [0.1, 0.15) is 40.1 Å². The second kappa shape index (κ2) is 18.1. The Kier molecular flexibility index (Phi) is 13.3. The predicted octanol–water partition coefficient (Wildman–Crippen LogP) is 2.84. The molecule has 286 valence electrons. The number of carbonyl (C=O) groups is 5. The van der Waals surface area contributed by atoms with Crippen molar-refractivity contribution in [3.63, 3.8) is 0 Å². The van der Waals surface area contributed by atoms with Gasteiger partial charge in [-0.1, -0.05) is 62.4 Å². The second-order valence-electron chi connectivity index (χ2n) is 13.8. The number of carbonyl (C=O) groups excluding carboxylic acids is 5. The number of aromatic nitrogens is 2. The number of fused-ring (bicyclic) bond motifs is 3. The maximum Gasteiger partial charge on any atom is 0.271 e. The summed E-state index contributed by atoms with van der Waals surface area (Å²) in [6.07, 6.45) is 0.415. The van der Waals surface area contributed by atoms with Gasteiger partial charge in [0.15, 0.2) is 0 Å². The Morgan fingerprint density at radius 1 is 0.852 bits per heavy atom. The number of rotatable bonds is 6. The third-order valence-electron chi connectivity index (χ3n) is 9.23. The number of amides is 5. The molecule has 4 atom stereocenters. The molecule has 14 nitrogen and oxygen atoms in total. The van der Waals surface area contributed by atoms with Gasteiger partial charge in [0.2, 0.25) is 23.6 Å². The van der Waals surface area contributed by atoms with E-state index in [9.17, 15) is 24.0 Å². The number of benzene rings is 2. The van der Waals surface area contributed by atoms with Gasteiger partial charge in [-0.15, -0.1) is 11.3 Å². The van der Waals surface area contributed by atoms with Crippen LogP contribution < -0.4 is 26.0 Å². The van der Waals surface area contributed by atoms with Crippen molar-refractivity contribution in [1.29, 1.82) is 0 Å². The number of hydrogen-bond acceptors (Lipinski definition) is 10. The van der Waals surface area contributed by atoms with Gasteiger partial charge < -0.3 is 30.9 Å². The fraction of sp³-hybridized carbons (Fsp3) is 0.410. The molecule has 54 heavy (non-hydrogen) atoms. The summed E-state index contributed by atoms with van der Waals surface area (Å²) in [5.41, 5.74) is 2.45. The molecule has 0 fully saturated rings. The van der Waals surface area contributed by atoms with Crippen LogP contribution in [0.25, 0.3) is 10.9 Å². The van der Waals surface area contributed by atoms with E-state index in [0.29, 0.717) is 34.9 Å². The van der Waals surface area contributed by atoms with Crippen LogP contribution in [0.2, 0.25) is 0 Å². The van der Waals surface area contributed by atoms with E-state index in [4.69, 9.17) is 9.72 Å². The molecule has 2 aromatic carbocycles. The summed E-state index contributed by atoms with van der Waals surface area (Å²) in [5.74, 6) is -1.99. The fourth-order valence-corrected chi connectivity index (χ4v) is 7.00. The lowest BCUT2D eigenvalue weighted by atomic mass is 10.0. The van der Waals surface area contributed by atoms with Crippen molar-refractivity contribution >= 4 is 51.8 Å². The van der Waals surface area contributed by atoms with Crippen molar-refractivity contribution in [2.75, 3.05) is 33.8 Å². The number of pyridine rings is 1. The smallest absolute Gasteiger partial charge is 0.271 e. The summed E-state index contributed by atoms with van der Waals surface area (Å²) in [4.78, 5) is 80.1. The Labute approximate surface area is 319 Å². The van der Waals surface area contributed by atoms with Crippen LogP contribution in [0.3, 0.4) is 0 Å². The van der Waals surface area contributed by atoms with E-state index < -0.39 is 41.9 Å². The minimum atomic E-state index is -1.00. The first kappa shape index (κ1) is 39.8. The average Bonchev–Trinajstić information content (AvgIpc) is 3.65. The quantitative estimate of drug-likeness (QED) is 0.231. The molecule has 0 unspecified atom stereocenters. The number of thiazole rings is 1. The maximum atomic E-state index is 13.9. The van der Waals surface area contributed by atoms with Crippen LogP contribution in [0.4, 0.5) is 0 Å². The molecule has 4 aromatic rings. The van der Waals surface area contributed by atoms with Crippen molar-refractivity contribution < 1.29 is 28.7 Å². The van der Waals surface area contributed by atoms with Crippen molar-refractivity contribution in [3.8, 4) is 5.75 Å². The first-order valence-electron chi connectivity index (χ1n) is 17.9. The predicted molar refractivity (Wildman–Crippen MR) is 206 cm³/mol. The Morgan fingerprint density at radius 2 is 1.61 bits per heavy atom. The van der Waals surface area contributed by atoms with E-state index in [-0.39, 0.29) is 43.1 Å². The normalized spacial score (nSPS) is 21.5. The zero-order valence-corrected chi connectivity index (χ0v) is 32.2. The van der Waals surface area contributed by atoms with E-state index in [1.807, 2.05) is 65.6 Å². The molecular weight excluding hydrogens is 709 g/mol. The minimum absolute atomic E-state index is 0.0364. The Morgan fingerprint density at radius 3 is 2.33 bits per heavy atom. The summed E-state index contributed by atoms with van der Waals surface area (Å²) < 4.78 is 5.55. The first-order chi connectivity index (χ1) is 25.8. The molecule has 0 aliphatic carbocycles. The van der Waals surface area contributed by atoms with Gasteiger partial charge >= 0.3 is 0 Å². The van der Waals surface area contributed by atoms with Crippen molar-refractivity contribution in [3.05, 3.63) is 88.0 Å². The fourth-order valence-electron chi connectivity index (χ4n) is 6.15. The zero-order valence-electron chi connectivity index (χ0n) is 31.4. The summed E-state index contributed by atoms with van der Waals surface area (Å²) in [6.45, 7) is 7.45. The molecule has 5 amide bonds. The highest BCUT2D eigenvalue weighted by Gasteiger charge is 2.31. The van der Waals surface area contributed by atoms with E-state index in [0.717, 1.165) is 10.9 Å². The molecule has 1 aliphatic heterocycles. The van der Waals surface area contributed by atoms with Gasteiger partial charge in [-0.05, 0) is 43.9 Å². The third-order valence-corrected chi connectivity index (χ3v) is 10.2. The van der Waals surface area contributed by atoms with Crippen molar-refractivity contribution in [2.24, 2.45) is 5.92 Å². The number of hydrogen-bond donors (Lipinski definition) is 4. The molecular formula is C39H48N8O6S. The number of methoxy groups -OCH3 is 1. The van der Waals surface area contributed by atoms with E-state index >= 15 is 0 Å². The number of nitrogens with zero attached hydrogens (tertiary/aromatic N) is 4. The van der Waals surface area contributed by atoms with Gasteiger partial charge in [-0.25, -0.2) is 9.97 Å². The van der Waals surface area contributed by atoms with Crippen molar-refractivity contribution in [1.82, 2.24) is 41.0 Å². The standard InChI is InChI=1S/C39H48N8O6S/c1-23(2)33-37(51)41-25(4)39(52)46(5)17-18-47(20-28-16-15-27-13-10-14-31(53-6)34(27)42-28)21-32(48)43-29(19-26-11-8-7-9-12-26)38-44-30(22-54-38)36(50)40-24(3)35(49)45-33/h7-16,22-25,29,33H,17-21H2,1-6H3,(H,40,50)(H,41,51)(H,43,48)(H,45,49)/t24-,25+,29-,33-/m0/s1. The lowest BCUT2D eigenvalue weighted by Gasteiger charge is -2.29. The molecule has 3 heterocycles. The SMILES string of the molecule is COc1cccc2ccc(CN3CCN(C)C(=O)[C@@H](C)NC(=O)[C@H](C(C)C)NC(=O)[C@H](C)NC(=O)c4csc(n4)[C@H](Cc4ccccc4)NC(=O)C3)nc12. The Bertz CT molecular complexity index is 1970. The van der Waals surface area contributed by atoms with Crippen LogP contribution in [0, 0.1) is 5.92 Å². The lowest BCUT2D eigenvalue weighted by Crippen LogP contribution is -2.57. The lowest BCUT2D eigenvalue weighted by molar-refractivity contribution is -0.136. The van der Waals surface area contributed by atoms with Gasteiger partial charge in [0.05, 0.1) is 25.4 Å². The third kappa shape index (κ3) is 10.2. The highest BCUT2D eigenvalue weighted by molar-refractivity contribution is 7.09. The molecule has 2 aromatic heterocycles. The van der Waals surface area contributed by atoms with Crippen LogP contribution in [0.1, 0.15) is 60.5 Å². The van der Waals surface area contributed by atoms with Crippen LogP contribution in [-0.2, 0) is 32.1 Å². The molecule has 0 saturated carbocycles. The Hall–Kier alpha value is -5.41. The first-order valence-corrected chi connectivity index (χ1v) is 18.8. The number of nitrogens with one attached hydrogen (secondary N) is 4. The monoisotopic (exact) mass is 756 g/mol. The summed E-state index contributed by atoms with van der Waals surface area (Å²) in [6, 6.07) is 15.7. The van der Waals surface area contributed by atoms with Crippen molar-refractivity contribution in [2.45, 2.75) is 64.8 Å². The van der Waals surface area contributed by atoms with Gasteiger partial charge in [0.25, 0.3) is 5.91 Å². The molecule has 0 radical (unpaired) electrons. The second-order valence-corrected chi connectivity index (χ2v) is 14.7. The highest BCUT2D eigenvalue weighted by atomic mass is 32.1. The van der Waals surface area contributed by atoms with Crippen LogP contribution in [0.15, 0.2) is 66.0 Å². The number of likely N-dealkylation sites (N-methyl/N-ethyl adjacent to an activating group) is 1. The molecule has 15 heteroatoms. The zero-order chi connectivity index (χ0) is 38.9. The minimum Gasteiger partial charge on any atom is -0.494 e. The van der Waals surface area contributed by atoms with Crippen LogP contribution >= 0.6 is 11.3 Å². The molecule has 0 spiro atoms. The van der Waals surface area contributed by atoms with Crippen LogP contribution in [0.5, 0.6) is 5.75 Å². The summed E-state index contributed by atoms with van der Waals surface area (Å²) in [7, 11) is 3.23. The largest absolute Gasteiger partial charge is 0.494 e. The van der Waals surface area contributed by atoms with E-state index in [2.05, 4.69) is 26.3 Å². The molecule has 0 saturated heterocycles. The van der Waals surface area contributed by atoms with Crippen LogP contribution in [-0.4, -0.2) is 101 Å². The average molecular weight is 757 g/mol. The summed E-state index contributed by atoms with van der Waals surface area (Å²) >= 11 is 1.23. The molecule has 2 bridgehead atoms. The number of ether oxygens (including phenoxy) is 1. The molecule has 4 N–H and O–H groups in total. The molecule has 5 rings (SSSR count). The topological polar surface area (TPSA) is 175 Å². The van der Waals surface area contributed by atoms with Gasteiger partial charge in [-0.2, -0.15) is 0 Å². The maximum absolute atomic E-state index is 13.9. The van der Waals surface area contributed by atoms with Gasteiger partial charge in [0, 0.05) is 37.4 Å². The Balaban J connectivity index is 1.47. The number of para-hydroxylation sites is 1. The van der Waals surface area contributed by atoms with Gasteiger partial charge in [-0.3, -0.25) is 28.9 Å². The highest BCUT2D eigenvalue weighted by Crippen LogP contribution is 2.25. The van der Waals surface area contributed by atoms with E-state index in [1.54, 1.807) is 40.3 Å².